The molecule has 336 valence electrons. The summed E-state index contributed by atoms with van der Waals surface area (Å²) in [5.74, 6) is -2.44. The SMILES string of the molecule is CCCCCCN(C(=O)[C@@H](NC(=O)[C@@]1(C)CCCN1C(C)C)[C@@H](C)CC)[C@H](C[C@@H](OC(C)=O)c1nc(C(=O)N[C@@H](Cc2ccc(O)cc2)CC(C)(C)C(=O)O)cs1)C(C)C. The summed E-state index contributed by atoms with van der Waals surface area (Å²) in [5, 5.41) is 27.9. The maximum atomic E-state index is 15.0. The highest BCUT2D eigenvalue weighted by molar-refractivity contribution is 7.09. The summed E-state index contributed by atoms with van der Waals surface area (Å²) in [6, 6.07) is 4.97. The first-order chi connectivity index (χ1) is 28.1. The van der Waals surface area contributed by atoms with Crippen LogP contribution < -0.4 is 10.6 Å². The van der Waals surface area contributed by atoms with E-state index >= 15 is 4.79 Å². The first-order valence-electron chi connectivity index (χ1n) is 22.0. The number of carbonyl (C=O) groups is 5. The number of unbranched alkanes of at least 4 members (excludes halogenated alkanes) is 3. The van der Waals surface area contributed by atoms with E-state index in [2.05, 4.69) is 41.3 Å². The Morgan fingerprint density at radius 2 is 1.68 bits per heavy atom. The van der Waals surface area contributed by atoms with Gasteiger partial charge in [0.2, 0.25) is 11.8 Å². The number of thiazole rings is 1. The van der Waals surface area contributed by atoms with E-state index in [0.29, 0.717) is 30.8 Å². The number of benzene rings is 1. The monoisotopic (exact) mass is 856 g/mol. The molecule has 14 heteroatoms. The zero-order chi connectivity index (χ0) is 44.9. The molecule has 0 unspecified atom stereocenters. The molecule has 3 amide bonds. The average Bonchev–Trinajstić information content (AvgIpc) is 3.84. The summed E-state index contributed by atoms with van der Waals surface area (Å²) < 4.78 is 5.93. The molecule has 2 heterocycles. The number of carboxylic acids is 1. The van der Waals surface area contributed by atoms with E-state index in [1.807, 2.05) is 39.5 Å². The number of hydrogen-bond acceptors (Lipinski definition) is 10. The lowest BCUT2D eigenvalue weighted by atomic mass is 9.84. The number of phenolic OH excluding ortho intramolecular Hbond substituents is 1. The second kappa shape index (κ2) is 22.7. The van der Waals surface area contributed by atoms with Crippen LogP contribution in [0, 0.1) is 17.3 Å². The highest BCUT2D eigenvalue weighted by Gasteiger charge is 2.46. The van der Waals surface area contributed by atoms with Gasteiger partial charge in [-0.05, 0) is 103 Å². The molecule has 1 aliphatic heterocycles. The molecule has 1 saturated heterocycles. The predicted octanol–water partition coefficient (Wildman–Crippen LogP) is 7.91. The highest BCUT2D eigenvalue weighted by Crippen LogP contribution is 2.34. The van der Waals surface area contributed by atoms with Crippen molar-refractivity contribution in [3.8, 4) is 5.75 Å². The number of esters is 1. The Morgan fingerprint density at radius 3 is 2.25 bits per heavy atom. The molecule has 2 aromatic rings. The lowest BCUT2D eigenvalue weighted by Crippen LogP contribution is -2.62. The molecule has 6 atom stereocenters. The van der Waals surface area contributed by atoms with Gasteiger partial charge in [0.1, 0.15) is 22.5 Å². The van der Waals surface area contributed by atoms with Gasteiger partial charge in [0.25, 0.3) is 5.91 Å². The lowest BCUT2D eigenvalue weighted by molar-refractivity contribution is -0.150. The molecule has 1 aliphatic rings. The number of nitrogens with zero attached hydrogens (tertiary/aromatic N) is 3. The number of carboxylic acid groups (broad SMARTS) is 1. The number of aromatic hydroxyl groups is 1. The van der Waals surface area contributed by atoms with Gasteiger partial charge in [-0.15, -0.1) is 11.3 Å². The summed E-state index contributed by atoms with van der Waals surface area (Å²) in [5.41, 5.74) is -0.966. The Kier molecular flexibility index (Phi) is 19.0. The van der Waals surface area contributed by atoms with E-state index < -0.39 is 53.0 Å². The second-order valence-corrected chi connectivity index (χ2v) is 19.1. The van der Waals surface area contributed by atoms with E-state index in [1.165, 1.54) is 18.3 Å². The van der Waals surface area contributed by atoms with Crippen molar-refractivity contribution in [2.24, 2.45) is 17.3 Å². The second-order valence-electron chi connectivity index (χ2n) is 18.2. The van der Waals surface area contributed by atoms with Gasteiger partial charge in [0.05, 0.1) is 11.0 Å². The van der Waals surface area contributed by atoms with Crippen LogP contribution in [0.5, 0.6) is 5.75 Å². The van der Waals surface area contributed by atoms with Gasteiger partial charge in [0, 0.05) is 43.4 Å². The molecule has 1 aromatic carbocycles. The molecule has 0 bridgehead atoms. The molecule has 0 aliphatic carbocycles. The first-order valence-corrected chi connectivity index (χ1v) is 22.9. The molecular formula is C46H73N5O8S. The number of amides is 3. The average molecular weight is 856 g/mol. The van der Waals surface area contributed by atoms with E-state index in [1.54, 1.807) is 43.5 Å². The van der Waals surface area contributed by atoms with Crippen molar-refractivity contribution in [1.82, 2.24) is 25.4 Å². The van der Waals surface area contributed by atoms with Crippen LogP contribution in [0.25, 0.3) is 0 Å². The molecule has 4 N–H and O–H groups in total. The van der Waals surface area contributed by atoms with Crippen LogP contribution in [0.4, 0.5) is 0 Å². The Labute approximate surface area is 362 Å². The maximum Gasteiger partial charge on any atom is 0.309 e. The van der Waals surface area contributed by atoms with Crippen LogP contribution in [0.15, 0.2) is 29.6 Å². The Balaban J connectivity index is 1.97. The predicted molar refractivity (Wildman–Crippen MR) is 236 cm³/mol. The summed E-state index contributed by atoms with van der Waals surface area (Å²) in [4.78, 5) is 76.5. The summed E-state index contributed by atoms with van der Waals surface area (Å²) in [6.07, 6.45) is 5.86. The summed E-state index contributed by atoms with van der Waals surface area (Å²) in [7, 11) is 0. The van der Waals surface area contributed by atoms with Crippen molar-refractivity contribution >= 4 is 41.0 Å². The number of rotatable bonds is 24. The quantitative estimate of drug-likeness (QED) is 0.0599. The fourth-order valence-corrected chi connectivity index (χ4v) is 9.17. The molecule has 60 heavy (non-hydrogen) atoms. The normalized spacial score (nSPS) is 18.4. The maximum absolute atomic E-state index is 15.0. The van der Waals surface area contributed by atoms with Crippen LogP contribution in [0.3, 0.4) is 0 Å². The Hall–Kier alpha value is -4.04. The van der Waals surface area contributed by atoms with Crippen molar-refractivity contribution in [3.05, 3.63) is 45.9 Å². The number of hydrogen-bond donors (Lipinski definition) is 4. The fourth-order valence-electron chi connectivity index (χ4n) is 8.33. The number of nitrogens with one attached hydrogen (secondary N) is 2. The molecular weight excluding hydrogens is 783 g/mol. The first kappa shape index (κ1) is 50.3. The van der Waals surface area contributed by atoms with Gasteiger partial charge in [-0.25, -0.2) is 4.98 Å². The zero-order valence-electron chi connectivity index (χ0n) is 38.0. The third-order valence-electron chi connectivity index (χ3n) is 12.2. The topological polar surface area (TPSA) is 178 Å². The van der Waals surface area contributed by atoms with Crippen LogP contribution in [0.2, 0.25) is 0 Å². The molecule has 0 spiro atoms. The standard InChI is InChI=1S/C46H73N5O8S/c1-12-14-15-16-23-50(42(55)39(31(7)13-2)49-43(56)46(11)22-17-24-51(46)30(5)6)37(29(3)4)26-38(59-32(8)52)41-48-36(28-60-41)40(54)47-34(27-45(9,10)44(57)58)25-33-18-20-35(53)21-19-33/h18-21,28-31,34,37-39,53H,12-17,22-27H2,1-11H3,(H,47,54)(H,49,56)(H,57,58)/t31-,34-,37+,38+,39-,46+/m0/s1. The Morgan fingerprint density at radius 1 is 1.02 bits per heavy atom. The minimum Gasteiger partial charge on any atom is -0.508 e. The molecule has 13 nitrogen and oxygen atoms in total. The zero-order valence-corrected chi connectivity index (χ0v) is 38.8. The number of aromatic nitrogens is 1. The third kappa shape index (κ3) is 13.7. The van der Waals surface area contributed by atoms with Gasteiger partial charge in [0.15, 0.2) is 6.10 Å². The summed E-state index contributed by atoms with van der Waals surface area (Å²) >= 11 is 1.18. The molecule has 0 saturated carbocycles. The minimum atomic E-state index is -1.14. The molecule has 1 aromatic heterocycles. The Bertz CT molecular complexity index is 1730. The van der Waals surface area contributed by atoms with E-state index in [0.717, 1.165) is 44.2 Å². The largest absolute Gasteiger partial charge is 0.508 e. The minimum absolute atomic E-state index is 0.0729. The van der Waals surface area contributed by atoms with Crippen molar-refractivity contribution in [2.45, 2.75) is 176 Å². The molecule has 1 fully saturated rings. The smallest absolute Gasteiger partial charge is 0.309 e. The number of phenols is 1. The lowest BCUT2D eigenvalue weighted by Gasteiger charge is -2.41. The number of likely N-dealkylation sites (tertiary alicyclic amines) is 1. The van der Waals surface area contributed by atoms with Crippen LogP contribution >= 0.6 is 11.3 Å². The van der Waals surface area contributed by atoms with Gasteiger partial charge in [-0.1, -0.05) is 72.4 Å². The van der Waals surface area contributed by atoms with Crippen LogP contribution in [-0.4, -0.2) is 97.5 Å². The van der Waals surface area contributed by atoms with E-state index in [-0.39, 0.29) is 54.0 Å². The van der Waals surface area contributed by atoms with E-state index in [9.17, 15) is 29.4 Å². The van der Waals surface area contributed by atoms with Gasteiger partial charge in [-0.2, -0.15) is 0 Å². The van der Waals surface area contributed by atoms with Crippen molar-refractivity contribution in [2.75, 3.05) is 13.1 Å². The number of carbonyl (C=O) groups excluding carboxylic acids is 4. The van der Waals surface area contributed by atoms with Crippen molar-refractivity contribution in [1.29, 1.82) is 0 Å². The van der Waals surface area contributed by atoms with Gasteiger partial charge in [-0.3, -0.25) is 28.9 Å². The van der Waals surface area contributed by atoms with Gasteiger partial charge >= 0.3 is 11.9 Å². The molecule has 3 rings (SSSR count). The third-order valence-corrected chi connectivity index (χ3v) is 13.1. The highest BCUT2D eigenvalue weighted by atomic mass is 32.1. The van der Waals surface area contributed by atoms with Crippen LogP contribution in [0.1, 0.15) is 161 Å². The summed E-state index contributed by atoms with van der Waals surface area (Å²) in [6.45, 7) is 22.2. The molecule has 0 radical (unpaired) electrons. The van der Waals surface area contributed by atoms with Gasteiger partial charge < -0.3 is 30.5 Å². The number of aliphatic carboxylic acids is 1. The van der Waals surface area contributed by atoms with Crippen LogP contribution in [-0.2, 0) is 30.3 Å². The fraction of sp³-hybridized carbons (Fsp3) is 0.696. The van der Waals surface area contributed by atoms with Crippen molar-refractivity contribution < 1.29 is 38.9 Å². The van der Waals surface area contributed by atoms with E-state index in [4.69, 9.17) is 4.74 Å². The van der Waals surface area contributed by atoms with Crippen molar-refractivity contribution in [3.63, 3.8) is 0 Å². The number of ether oxygens (including phenoxy) is 1.